The largest absolute Gasteiger partial charge is 0.343 e. The number of nitro benzene ring substituents is 1. The van der Waals surface area contributed by atoms with Gasteiger partial charge in [0.2, 0.25) is 0 Å². The first-order valence-corrected chi connectivity index (χ1v) is 6.38. The van der Waals surface area contributed by atoms with Crippen LogP contribution in [0.25, 0.3) is 0 Å². The third-order valence-corrected chi connectivity index (χ3v) is 3.30. The Morgan fingerprint density at radius 2 is 1.95 bits per heavy atom. The van der Waals surface area contributed by atoms with Gasteiger partial charge < -0.3 is 5.32 Å². The molecule has 0 fully saturated rings. The third kappa shape index (κ3) is 3.07. The number of H-pyrrole nitrogens is 1. The summed E-state index contributed by atoms with van der Waals surface area (Å²) in [6.45, 7) is 5.43. The lowest BCUT2D eigenvalue weighted by Crippen LogP contribution is -2.41. The van der Waals surface area contributed by atoms with E-state index < -0.39 is 10.5 Å². The third-order valence-electron chi connectivity index (χ3n) is 3.30. The van der Waals surface area contributed by atoms with Crippen LogP contribution in [0, 0.1) is 17.0 Å². The Balaban J connectivity index is 2.19. The van der Waals surface area contributed by atoms with Crippen LogP contribution in [0.3, 0.4) is 0 Å². The van der Waals surface area contributed by atoms with Crippen LogP contribution >= 0.6 is 0 Å². The van der Waals surface area contributed by atoms with E-state index in [0.717, 1.165) is 5.56 Å². The number of carbonyl (C=O) groups is 1. The van der Waals surface area contributed by atoms with Crippen LogP contribution in [0.5, 0.6) is 0 Å². The summed E-state index contributed by atoms with van der Waals surface area (Å²) in [7, 11) is 0. The molecule has 0 unspecified atom stereocenters. The maximum Gasteiger partial charge on any atom is 0.269 e. The van der Waals surface area contributed by atoms with E-state index >= 15 is 0 Å². The summed E-state index contributed by atoms with van der Waals surface area (Å²) in [5.41, 5.74) is 1.31. The van der Waals surface area contributed by atoms with Crippen LogP contribution in [0.1, 0.15) is 35.5 Å². The summed E-state index contributed by atoms with van der Waals surface area (Å²) < 4.78 is 0. The van der Waals surface area contributed by atoms with Gasteiger partial charge in [0.15, 0.2) is 0 Å². The minimum Gasteiger partial charge on any atom is -0.343 e. The molecule has 0 atom stereocenters. The van der Waals surface area contributed by atoms with Crippen molar-refractivity contribution < 1.29 is 9.72 Å². The Morgan fingerprint density at radius 1 is 1.33 bits per heavy atom. The lowest BCUT2D eigenvalue weighted by atomic mass is 9.93. The standard InChI is InChI=1S/C14H16N4O3/c1-9-12(8-15-17-9)13(19)16-14(2,3)10-4-6-11(7-5-10)18(20)21/h4-8H,1-3H3,(H,15,17)(H,16,19). The first-order chi connectivity index (χ1) is 9.81. The molecule has 2 N–H and O–H groups in total. The van der Waals surface area contributed by atoms with E-state index in [1.54, 1.807) is 19.1 Å². The maximum atomic E-state index is 12.2. The van der Waals surface area contributed by atoms with Gasteiger partial charge in [-0.05, 0) is 38.5 Å². The van der Waals surface area contributed by atoms with Crippen molar-refractivity contribution in [1.29, 1.82) is 0 Å². The molecule has 7 heteroatoms. The monoisotopic (exact) mass is 288 g/mol. The van der Waals surface area contributed by atoms with Gasteiger partial charge in [-0.3, -0.25) is 20.0 Å². The lowest BCUT2D eigenvalue weighted by molar-refractivity contribution is -0.384. The van der Waals surface area contributed by atoms with Crippen LogP contribution in [-0.4, -0.2) is 21.0 Å². The molecule has 7 nitrogen and oxygen atoms in total. The maximum absolute atomic E-state index is 12.2. The average molecular weight is 288 g/mol. The van der Waals surface area contributed by atoms with E-state index in [1.165, 1.54) is 18.3 Å². The highest BCUT2D eigenvalue weighted by molar-refractivity contribution is 5.95. The molecule has 1 amide bonds. The Labute approximate surface area is 121 Å². The van der Waals surface area contributed by atoms with Gasteiger partial charge in [-0.25, -0.2) is 0 Å². The predicted octanol–water partition coefficient (Wildman–Crippen LogP) is 2.29. The number of aromatic amines is 1. The topological polar surface area (TPSA) is 101 Å². The van der Waals surface area contributed by atoms with Crippen LogP contribution in [0.2, 0.25) is 0 Å². The van der Waals surface area contributed by atoms with E-state index in [0.29, 0.717) is 11.3 Å². The zero-order chi connectivity index (χ0) is 15.6. The van der Waals surface area contributed by atoms with Crippen LogP contribution in [0.4, 0.5) is 5.69 Å². The Morgan fingerprint density at radius 3 is 2.43 bits per heavy atom. The molecule has 1 aromatic heterocycles. The highest BCUT2D eigenvalue weighted by Crippen LogP contribution is 2.23. The summed E-state index contributed by atoms with van der Waals surface area (Å²) in [5.74, 6) is -0.246. The molecule has 0 spiro atoms. The molecular weight excluding hydrogens is 272 g/mol. The molecule has 0 aliphatic rings. The Kier molecular flexibility index (Phi) is 3.75. The number of nitrogens with zero attached hydrogens (tertiary/aromatic N) is 2. The van der Waals surface area contributed by atoms with E-state index in [2.05, 4.69) is 15.5 Å². The van der Waals surface area contributed by atoms with Crippen LogP contribution < -0.4 is 5.32 Å². The molecule has 0 radical (unpaired) electrons. The number of aryl methyl sites for hydroxylation is 1. The SMILES string of the molecule is Cc1[nH]ncc1C(=O)NC(C)(C)c1ccc([N+](=O)[O-])cc1. The normalized spacial score (nSPS) is 11.2. The summed E-state index contributed by atoms with van der Waals surface area (Å²) in [5, 5.41) is 20.1. The molecule has 21 heavy (non-hydrogen) atoms. The smallest absolute Gasteiger partial charge is 0.269 e. The first kappa shape index (κ1) is 14.7. The molecule has 110 valence electrons. The second kappa shape index (κ2) is 5.35. The molecule has 2 rings (SSSR count). The first-order valence-electron chi connectivity index (χ1n) is 6.38. The van der Waals surface area contributed by atoms with Crippen LogP contribution in [-0.2, 0) is 5.54 Å². The van der Waals surface area contributed by atoms with Crippen molar-refractivity contribution >= 4 is 11.6 Å². The number of nitrogens with one attached hydrogen (secondary N) is 2. The second-order valence-electron chi connectivity index (χ2n) is 5.29. The highest BCUT2D eigenvalue weighted by Gasteiger charge is 2.25. The summed E-state index contributed by atoms with van der Waals surface area (Å²) >= 11 is 0. The fourth-order valence-electron chi connectivity index (χ4n) is 2.00. The van der Waals surface area contributed by atoms with Crippen molar-refractivity contribution in [3.8, 4) is 0 Å². The minimum absolute atomic E-state index is 0.0200. The highest BCUT2D eigenvalue weighted by atomic mass is 16.6. The van der Waals surface area contributed by atoms with Gasteiger partial charge in [-0.1, -0.05) is 0 Å². The van der Waals surface area contributed by atoms with Crippen molar-refractivity contribution in [2.24, 2.45) is 0 Å². The van der Waals surface area contributed by atoms with E-state index in [1.807, 2.05) is 13.8 Å². The molecule has 0 saturated carbocycles. The number of aromatic nitrogens is 2. The molecule has 0 saturated heterocycles. The zero-order valence-corrected chi connectivity index (χ0v) is 12.0. The molecule has 1 heterocycles. The lowest BCUT2D eigenvalue weighted by Gasteiger charge is -2.26. The van der Waals surface area contributed by atoms with Crippen LogP contribution in [0.15, 0.2) is 30.5 Å². The minimum atomic E-state index is -0.657. The molecule has 0 aliphatic heterocycles. The molecular formula is C14H16N4O3. The number of non-ortho nitro benzene ring substituents is 1. The molecule has 0 aliphatic carbocycles. The van der Waals surface area contributed by atoms with E-state index in [9.17, 15) is 14.9 Å². The van der Waals surface area contributed by atoms with Gasteiger partial charge in [-0.15, -0.1) is 0 Å². The summed E-state index contributed by atoms with van der Waals surface area (Å²) in [6.07, 6.45) is 1.47. The number of hydrogen-bond donors (Lipinski definition) is 2. The van der Waals surface area contributed by atoms with Gasteiger partial charge in [0.25, 0.3) is 11.6 Å². The fraction of sp³-hybridized carbons (Fsp3) is 0.286. The van der Waals surface area contributed by atoms with Gasteiger partial charge in [0.1, 0.15) is 0 Å². The average Bonchev–Trinajstić information content (AvgIpc) is 2.84. The van der Waals surface area contributed by atoms with Crippen molar-refractivity contribution in [3.63, 3.8) is 0 Å². The molecule has 0 bridgehead atoms. The molecule has 2 aromatic rings. The number of rotatable bonds is 4. The number of nitro groups is 1. The number of benzene rings is 1. The van der Waals surface area contributed by atoms with Crippen molar-refractivity contribution in [2.45, 2.75) is 26.3 Å². The van der Waals surface area contributed by atoms with E-state index in [4.69, 9.17) is 0 Å². The van der Waals surface area contributed by atoms with Crippen molar-refractivity contribution in [1.82, 2.24) is 15.5 Å². The number of amides is 1. The summed E-state index contributed by atoms with van der Waals surface area (Å²) in [6, 6.07) is 6.12. The molecule has 1 aromatic carbocycles. The Bertz CT molecular complexity index is 674. The fourth-order valence-corrected chi connectivity index (χ4v) is 2.00. The van der Waals surface area contributed by atoms with E-state index in [-0.39, 0.29) is 11.6 Å². The van der Waals surface area contributed by atoms with Gasteiger partial charge in [-0.2, -0.15) is 5.10 Å². The van der Waals surface area contributed by atoms with Crippen molar-refractivity contribution in [3.05, 3.63) is 57.4 Å². The van der Waals surface area contributed by atoms with Gasteiger partial charge in [0, 0.05) is 17.8 Å². The van der Waals surface area contributed by atoms with Crippen molar-refractivity contribution in [2.75, 3.05) is 0 Å². The van der Waals surface area contributed by atoms with Gasteiger partial charge >= 0.3 is 0 Å². The predicted molar refractivity (Wildman–Crippen MR) is 76.9 cm³/mol. The Hall–Kier alpha value is -2.70. The summed E-state index contributed by atoms with van der Waals surface area (Å²) in [4.78, 5) is 22.4. The van der Waals surface area contributed by atoms with Gasteiger partial charge in [0.05, 0.1) is 22.2 Å². The number of carbonyl (C=O) groups excluding carboxylic acids is 1. The zero-order valence-electron chi connectivity index (χ0n) is 12.0. The second-order valence-corrected chi connectivity index (χ2v) is 5.29. The number of hydrogen-bond acceptors (Lipinski definition) is 4. The quantitative estimate of drug-likeness (QED) is 0.665.